The third kappa shape index (κ3) is 4.91. The maximum atomic E-state index is 12.8. The van der Waals surface area contributed by atoms with Crippen LogP contribution in [-0.2, 0) is 4.79 Å². The Labute approximate surface area is 145 Å². The number of halogens is 2. The summed E-state index contributed by atoms with van der Waals surface area (Å²) in [6.45, 7) is -0.259. The highest BCUT2D eigenvalue weighted by atomic mass is 127. The fraction of sp³-hybridized carbons (Fsp3) is 0.125. The summed E-state index contributed by atoms with van der Waals surface area (Å²) < 4.78 is 18.7. The molecule has 0 saturated heterocycles. The van der Waals surface area contributed by atoms with Crippen molar-refractivity contribution >= 4 is 34.2 Å². The van der Waals surface area contributed by atoms with E-state index in [0.29, 0.717) is 20.6 Å². The lowest BCUT2D eigenvalue weighted by Gasteiger charge is -2.13. The summed E-state index contributed by atoms with van der Waals surface area (Å²) in [4.78, 5) is 11.9. The van der Waals surface area contributed by atoms with Gasteiger partial charge in [-0.15, -0.1) is 0 Å². The fourth-order valence-electron chi connectivity index (χ4n) is 1.69. The van der Waals surface area contributed by atoms with Crippen LogP contribution in [0.4, 0.5) is 10.1 Å². The van der Waals surface area contributed by atoms with Gasteiger partial charge in [0.05, 0.1) is 5.56 Å². The van der Waals surface area contributed by atoms with E-state index in [1.807, 2.05) is 28.7 Å². The zero-order valence-corrected chi connectivity index (χ0v) is 14.0. The fourth-order valence-corrected chi connectivity index (χ4v) is 2.33. The molecule has 0 bridgehead atoms. The van der Waals surface area contributed by atoms with Crippen LogP contribution < -0.4 is 10.1 Å². The van der Waals surface area contributed by atoms with Crippen LogP contribution in [0.15, 0.2) is 42.5 Å². The predicted molar refractivity (Wildman–Crippen MR) is 90.4 cm³/mol. The number of nitriles is 1. The van der Waals surface area contributed by atoms with Crippen LogP contribution in [0.2, 0.25) is 0 Å². The van der Waals surface area contributed by atoms with Gasteiger partial charge in [-0.1, -0.05) is 0 Å². The molecule has 0 radical (unpaired) electrons. The average molecular weight is 426 g/mol. The first-order chi connectivity index (χ1) is 11.0. The Bertz CT molecular complexity index is 744. The van der Waals surface area contributed by atoms with E-state index < -0.39 is 17.8 Å². The molecule has 118 valence electrons. The number of hydrogen-bond acceptors (Lipinski definition) is 4. The van der Waals surface area contributed by atoms with E-state index in [-0.39, 0.29) is 6.61 Å². The SMILES string of the molecule is N#Cc1ccc(NC(=O)[C@@H](O)COc2ccc(F)cc2)cc1I. The molecule has 0 unspecified atom stereocenters. The third-order valence-electron chi connectivity index (χ3n) is 2.88. The smallest absolute Gasteiger partial charge is 0.256 e. The molecule has 0 aliphatic rings. The zero-order chi connectivity index (χ0) is 16.8. The number of nitrogens with one attached hydrogen (secondary N) is 1. The zero-order valence-electron chi connectivity index (χ0n) is 11.8. The number of aliphatic hydroxyl groups is 1. The lowest BCUT2D eigenvalue weighted by atomic mass is 10.2. The van der Waals surface area contributed by atoms with Crippen LogP contribution in [-0.4, -0.2) is 23.7 Å². The summed E-state index contributed by atoms with van der Waals surface area (Å²) in [7, 11) is 0. The minimum atomic E-state index is -1.38. The molecular formula is C16H12FIN2O3. The molecule has 0 saturated carbocycles. The van der Waals surface area contributed by atoms with Crippen molar-refractivity contribution in [3.05, 3.63) is 57.4 Å². The van der Waals surface area contributed by atoms with Crippen molar-refractivity contribution in [3.63, 3.8) is 0 Å². The molecule has 1 atom stereocenters. The normalized spacial score (nSPS) is 11.4. The molecule has 0 heterocycles. The Kier molecular flexibility index (Phi) is 5.90. The maximum Gasteiger partial charge on any atom is 0.256 e. The number of carbonyl (C=O) groups excluding carboxylic acids is 1. The van der Waals surface area contributed by atoms with Gasteiger partial charge in [-0.25, -0.2) is 4.39 Å². The van der Waals surface area contributed by atoms with Gasteiger partial charge >= 0.3 is 0 Å². The standard InChI is InChI=1S/C16H12FIN2O3/c17-11-2-5-13(6-3-11)23-9-15(21)16(22)20-12-4-1-10(8-19)14(18)7-12/h1-7,15,21H,9H2,(H,20,22)/t15-/m0/s1. The molecule has 7 heteroatoms. The van der Waals surface area contributed by atoms with Crippen molar-refractivity contribution in [2.24, 2.45) is 0 Å². The number of benzene rings is 2. The minimum Gasteiger partial charge on any atom is -0.490 e. The summed E-state index contributed by atoms with van der Waals surface area (Å²) in [5.41, 5.74) is 0.975. The van der Waals surface area contributed by atoms with Crippen molar-refractivity contribution in [1.29, 1.82) is 5.26 Å². The van der Waals surface area contributed by atoms with E-state index in [9.17, 15) is 14.3 Å². The molecule has 5 nitrogen and oxygen atoms in total. The van der Waals surface area contributed by atoms with Crippen molar-refractivity contribution in [3.8, 4) is 11.8 Å². The van der Waals surface area contributed by atoms with Gasteiger partial charge in [-0.3, -0.25) is 4.79 Å². The molecule has 2 rings (SSSR count). The summed E-state index contributed by atoms with van der Waals surface area (Å²) in [6, 6.07) is 12.1. The summed E-state index contributed by atoms with van der Waals surface area (Å²) in [6.07, 6.45) is -1.38. The number of anilines is 1. The molecule has 23 heavy (non-hydrogen) atoms. The Morgan fingerprint density at radius 2 is 2.04 bits per heavy atom. The first-order valence-electron chi connectivity index (χ1n) is 6.56. The van der Waals surface area contributed by atoms with E-state index >= 15 is 0 Å². The molecule has 0 fully saturated rings. The second kappa shape index (κ2) is 7.89. The number of hydrogen-bond donors (Lipinski definition) is 2. The van der Waals surface area contributed by atoms with Gasteiger partial charge < -0.3 is 15.2 Å². The van der Waals surface area contributed by atoms with Gasteiger partial charge in [0.25, 0.3) is 5.91 Å². The van der Waals surface area contributed by atoms with Gasteiger partial charge in [0.1, 0.15) is 24.2 Å². The highest BCUT2D eigenvalue weighted by Gasteiger charge is 2.16. The predicted octanol–water partition coefficient (Wildman–Crippen LogP) is 2.68. The van der Waals surface area contributed by atoms with Crippen molar-refractivity contribution in [1.82, 2.24) is 0 Å². The van der Waals surface area contributed by atoms with Crippen molar-refractivity contribution in [2.75, 3.05) is 11.9 Å². The average Bonchev–Trinajstić information content (AvgIpc) is 2.54. The molecule has 0 spiro atoms. The number of carbonyl (C=O) groups is 1. The summed E-state index contributed by atoms with van der Waals surface area (Å²) in [5, 5.41) is 21.2. The molecule has 2 aromatic carbocycles. The number of rotatable bonds is 5. The quantitative estimate of drug-likeness (QED) is 0.721. The first kappa shape index (κ1) is 17.2. The van der Waals surface area contributed by atoms with E-state index in [1.54, 1.807) is 18.2 Å². The van der Waals surface area contributed by atoms with Crippen molar-refractivity contribution < 1.29 is 19.0 Å². The molecule has 2 aromatic rings. The number of amides is 1. The van der Waals surface area contributed by atoms with Gasteiger partial charge in [0, 0.05) is 9.26 Å². The van der Waals surface area contributed by atoms with Gasteiger partial charge in [-0.05, 0) is 65.1 Å². The van der Waals surface area contributed by atoms with Crippen LogP contribution in [0, 0.1) is 20.7 Å². The molecular weight excluding hydrogens is 414 g/mol. The number of aliphatic hydroxyl groups excluding tert-OH is 1. The highest BCUT2D eigenvalue weighted by Crippen LogP contribution is 2.17. The van der Waals surface area contributed by atoms with E-state index in [1.165, 1.54) is 24.3 Å². The second-order valence-electron chi connectivity index (χ2n) is 4.58. The topological polar surface area (TPSA) is 82.4 Å². The minimum absolute atomic E-state index is 0.259. The molecule has 0 aliphatic carbocycles. The Balaban J connectivity index is 1.91. The monoisotopic (exact) mass is 426 g/mol. The van der Waals surface area contributed by atoms with E-state index in [2.05, 4.69) is 5.32 Å². The van der Waals surface area contributed by atoms with Crippen molar-refractivity contribution in [2.45, 2.75) is 6.10 Å². The van der Waals surface area contributed by atoms with Crippen LogP contribution in [0.3, 0.4) is 0 Å². The Morgan fingerprint density at radius 1 is 1.35 bits per heavy atom. The highest BCUT2D eigenvalue weighted by molar-refractivity contribution is 14.1. The number of nitrogens with zero attached hydrogens (tertiary/aromatic N) is 1. The van der Waals surface area contributed by atoms with Crippen LogP contribution in [0.5, 0.6) is 5.75 Å². The lowest BCUT2D eigenvalue weighted by Crippen LogP contribution is -2.32. The van der Waals surface area contributed by atoms with Crippen LogP contribution in [0.1, 0.15) is 5.56 Å². The third-order valence-corrected chi connectivity index (χ3v) is 3.77. The molecule has 2 N–H and O–H groups in total. The molecule has 0 aliphatic heterocycles. The summed E-state index contributed by atoms with van der Waals surface area (Å²) in [5.74, 6) is -0.676. The van der Waals surface area contributed by atoms with E-state index in [0.717, 1.165) is 0 Å². The number of ether oxygens (including phenoxy) is 1. The molecule has 0 aromatic heterocycles. The Morgan fingerprint density at radius 3 is 2.65 bits per heavy atom. The first-order valence-corrected chi connectivity index (χ1v) is 7.64. The largest absolute Gasteiger partial charge is 0.490 e. The molecule has 1 amide bonds. The Hall–Kier alpha value is -2.18. The van der Waals surface area contributed by atoms with E-state index in [4.69, 9.17) is 10.00 Å². The summed E-state index contributed by atoms with van der Waals surface area (Å²) >= 11 is 1.99. The van der Waals surface area contributed by atoms with Gasteiger partial charge in [-0.2, -0.15) is 5.26 Å². The second-order valence-corrected chi connectivity index (χ2v) is 5.74. The maximum absolute atomic E-state index is 12.8. The lowest BCUT2D eigenvalue weighted by molar-refractivity contribution is -0.125. The van der Waals surface area contributed by atoms with Gasteiger partial charge in [0.15, 0.2) is 6.10 Å². The van der Waals surface area contributed by atoms with Gasteiger partial charge in [0.2, 0.25) is 0 Å². The van der Waals surface area contributed by atoms with Crippen LogP contribution >= 0.6 is 22.6 Å². The van der Waals surface area contributed by atoms with Crippen LogP contribution in [0.25, 0.3) is 0 Å².